The molecular formula is C20H26N2O4S. The normalized spacial score (nSPS) is 11.1. The van der Waals surface area contributed by atoms with E-state index in [1.807, 2.05) is 38.1 Å². The fourth-order valence-electron chi connectivity index (χ4n) is 2.93. The predicted octanol–water partition coefficient (Wildman–Crippen LogP) is 3.21. The lowest BCUT2D eigenvalue weighted by Crippen LogP contribution is -2.37. The summed E-state index contributed by atoms with van der Waals surface area (Å²) in [5.74, 6) is 0.313. The number of para-hydroxylation sites is 2. The summed E-state index contributed by atoms with van der Waals surface area (Å²) >= 11 is 0. The molecule has 0 atom stereocenters. The minimum Gasteiger partial charge on any atom is -0.495 e. The number of benzene rings is 2. The van der Waals surface area contributed by atoms with Gasteiger partial charge in [0, 0.05) is 25.2 Å². The fraction of sp³-hybridized carbons (Fsp3) is 0.350. The van der Waals surface area contributed by atoms with Crippen molar-refractivity contribution in [3.05, 3.63) is 54.1 Å². The first-order valence-electron chi connectivity index (χ1n) is 8.75. The van der Waals surface area contributed by atoms with E-state index in [2.05, 4.69) is 0 Å². The number of amides is 1. The molecule has 1 amide bonds. The molecule has 146 valence electrons. The average Bonchev–Trinajstić information content (AvgIpc) is 2.62. The fourth-order valence-corrected chi connectivity index (χ4v) is 3.86. The van der Waals surface area contributed by atoms with Crippen LogP contribution in [0.4, 0.5) is 11.4 Å². The van der Waals surface area contributed by atoms with E-state index in [9.17, 15) is 13.2 Å². The van der Waals surface area contributed by atoms with Gasteiger partial charge in [-0.2, -0.15) is 0 Å². The molecule has 0 aliphatic heterocycles. The number of aryl methyl sites for hydroxylation is 1. The van der Waals surface area contributed by atoms with Crippen LogP contribution in [0.5, 0.6) is 5.75 Å². The Morgan fingerprint density at radius 1 is 1.11 bits per heavy atom. The van der Waals surface area contributed by atoms with Gasteiger partial charge in [0.2, 0.25) is 15.9 Å². The van der Waals surface area contributed by atoms with Gasteiger partial charge in [-0.3, -0.25) is 9.10 Å². The molecule has 0 radical (unpaired) electrons. The molecule has 0 spiro atoms. The number of nitrogens with zero attached hydrogens (tertiary/aromatic N) is 2. The van der Waals surface area contributed by atoms with Crippen LogP contribution in [0.1, 0.15) is 18.9 Å². The first-order valence-corrected chi connectivity index (χ1v) is 10.6. The van der Waals surface area contributed by atoms with Crippen molar-refractivity contribution in [3.8, 4) is 5.75 Å². The second-order valence-electron chi connectivity index (χ2n) is 6.23. The molecule has 0 aliphatic rings. The molecule has 0 aromatic heterocycles. The van der Waals surface area contributed by atoms with Crippen LogP contribution in [0, 0.1) is 6.92 Å². The Bertz CT molecular complexity index is 896. The number of carbonyl (C=O) groups is 1. The van der Waals surface area contributed by atoms with Gasteiger partial charge in [-0.05, 0) is 43.7 Å². The van der Waals surface area contributed by atoms with Crippen molar-refractivity contribution in [2.75, 3.05) is 35.7 Å². The maximum atomic E-state index is 12.8. The van der Waals surface area contributed by atoms with Crippen molar-refractivity contribution >= 4 is 27.3 Å². The molecule has 0 aliphatic carbocycles. The number of methoxy groups -OCH3 is 1. The van der Waals surface area contributed by atoms with Gasteiger partial charge < -0.3 is 9.64 Å². The third kappa shape index (κ3) is 5.23. The van der Waals surface area contributed by atoms with Gasteiger partial charge in [0.25, 0.3) is 0 Å². The van der Waals surface area contributed by atoms with Gasteiger partial charge in [0.1, 0.15) is 5.75 Å². The first-order chi connectivity index (χ1) is 12.8. The Morgan fingerprint density at radius 2 is 1.81 bits per heavy atom. The molecule has 0 saturated heterocycles. The first kappa shape index (κ1) is 20.8. The molecule has 0 saturated carbocycles. The van der Waals surface area contributed by atoms with E-state index in [-0.39, 0.29) is 18.9 Å². The summed E-state index contributed by atoms with van der Waals surface area (Å²) in [6, 6.07) is 14.6. The monoisotopic (exact) mass is 390 g/mol. The summed E-state index contributed by atoms with van der Waals surface area (Å²) in [6.45, 7) is 4.42. The summed E-state index contributed by atoms with van der Waals surface area (Å²) in [5, 5.41) is 0. The van der Waals surface area contributed by atoms with Crippen LogP contribution in [0.25, 0.3) is 0 Å². The summed E-state index contributed by atoms with van der Waals surface area (Å²) in [5.41, 5.74) is 2.30. The van der Waals surface area contributed by atoms with Crippen molar-refractivity contribution in [2.24, 2.45) is 0 Å². The van der Waals surface area contributed by atoms with Gasteiger partial charge in [0.15, 0.2) is 0 Å². The highest BCUT2D eigenvalue weighted by Gasteiger charge is 2.23. The second kappa shape index (κ2) is 8.90. The van der Waals surface area contributed by atoms with E-state index in [0.717, 1.165) is 17.5 Å². The van der Waals surface area contributed by atoms with Crippen molar-refractivity contribution in [1.82, 2.24) is 0 Å². The molecule has 2 aromatic rings. The average molecular weight is 391 g/mol. The molecule has 0 bridgehead atoms. The maximum absolute atomic E-state index is 12.8. The highest BCUT2D eigenvalue weighted by molar-refractivity contribution is 7.92. The molecular weight excluding hydrogens is 364 g/mol. The molecule has 0 heterocycles. The largest absolute Gasteiger partial charge is 0.495 e. The van der Waals surface area contributed by atoms with E-state index in [1.54, 1.807) is 29.2 Å². The van der Waals surface area contributed by atoms with E-state index < -0.39 is 10.0 Å². The second-order valence-corrected chi connectivity index (χ2v) is 8.14. The van der Waals surface area contributed by atoms with E-state index in [1.165, 1.54) is 11.4 Å². The molecule has 2 rings (SSSR count). The summed E-state index contributed by atoms with van der Waals surface area (Å²) < 4.78 is 31.1. The molecule has 2 aromatic carbocycles. The lowest BCUT2D eigenvalue weighted by atomic mass is 10.2. The predicted molar refractivity (Wildman–Crippen MR) is 109 cm³/mol. The Kier molecular flexibility index (Phi) is 6.85. The zero-order valence-corrected chi connectivity index (χ0v) is 17.0. The molecule has 7 heteroatoms. The number of ether oxygens (including phenoxy) is 1. The molecule has 0 N–H and O–H groups in total. The van der Waals surface area contributed by atoms with Crippen molar-refractivity contribution in [3.63, 3.8) is 0 Å². The van der Waals surface area contributed by atoms with Gasteiger partial charge >= 0.3 is 0 Å². The number of rotatable bonds is 8. The molecule has 27 heavy (non-hydrogen) atoms. The zero-order chi connectivity index (χ0) is 20.0. The van der Waals surface area contributed by atoms with Crippen LogP contribution in [-0.2, 0) is 14.8 Å². The number of anilines is 2. The number of sulfonamides is 1. The standard InChI is InChI=1S/C20H26N2O4S/c1-5-21(17-10-8-9-16(2)15-17)20(23)13-14-22(27(4,24)25)18-11-6-7-12-19(18)26-3/h6-12,15H,5,13-14H2,1-4H3. The lowest BCUT2D eigenvalue weighted by molar-refractivity contribution is -0.118. The Labute approximate surface area is 161 Å². The Balaban J connectivity index is 2.23. The smallest absolute Gasteiger partial charge is 0.232 e. The molecule has 6 nitrogen and oxygen atoms in total. The van der Waals surface area contributed by atoms with Gasteiger partial charge in [0.05, 0.1) is 19.1 Å². The van der Waals surface area contributed by atoms with Gasteiger partial charge in [-0.1, -0.05) is 24.3 Å². The van der Waals surface area contributed by atoms with Crippen LogP contribution in [0.2, 0.25) is 0 Å². The SMILES string of the molecule is CCN(C(=O)CCN(c1ccccc1OC)S(C)(=O)=O)c1cccc(C)c1. The van der Waals surface area contributed by atoms with Crippen molar-refractivity contribution in [1.29, 1.82) is 0 Å². The van der Waals surface area contributed by atoms with Crippen LogP contribution >= 0.6 is 0 Å². The minimum atomic E-state index is -3.57. The van der Waals surface area contributed by atoms with Crippen LogP contribution in [0.15, 0.2) is 48.5 Å². The lowest BCUT2D eigenvalue weighted by Gasteiger charge is -2.26. The van der Waals surface area contributed by atoms with Crippen LogP contribution in [0.3, 0.4) is 0 Å². The Hall–Kier alpha value is -2.54. The van der Waals surface area contributed by atoms with Crippen molar-refractivity contribution < 1.29 is 17.9 Å². The van der Waals surface area contributed by atoms with Gasteiger partial charge in [-0.15, -0.1) is 0 Å². The highest BCUT2D eigenvalue weighted by atomic mass is 32.2. The van der Waals surface area contributed by atoms with E-state index in [4.69, 9.17) is 4.74 Å². The summed E-state index contributed by atoms with van der Waals surface area (Å²) in [7, 11) is -2.08. The third-order valence-corrected chi connectivity index (χ3v) is 5.39. The molecule has 0 unspecified atom stereocenters. The van der Waals surface area contributed by atoms with Crippen LogP contribution < -0.4 is 13.9 Å². The third-order valence-electron chi connectivity index (χ3n) is 4.21. The van der Waals surface area contributed by atoms with E-state index >= 15 is 0 Å². The number of hydrogen-bond donors (Lipinski definition) is 0. The van der Waals surface area contributed by atoms with Crippen molar-refractivity contribution in [2.45, 2.75) is 20.3 Å². The van der Waals surface area contributed by atoms with Gasteiger partial charge in [-0.25, -0.2) is 8.42 Å². The van der Waals surface area contributed by atoms with Crippen LogP contribution in [-0.4, -0.2) is 40.8 Å². The quantitative estimate of drug-likeness (QED) is 0.694. The topological polar surface area (TPSA) is 66.9 Å². The molecule has 0 fully saturated rings. The highest BCUT2D eigenvalue weighted by Crippen LogP contribution is 2.29. The Morgan fingerprint density at radius 3 is 2.41 bits per heavy atom. The number of carbonyl (C=O) groups excluding carboxylic acids is 1. The minimum absolute atomic E-state index is 0.0420. The number of hydrogen-bond acceptors (Lipinski definition) is 4. The van der Waals surface area contributed by atoms with E-state index in [0.29, 0.717) is 18.0 Å². The summed E-state index contributed by atoms with van der Waals surface area (Å²) in [4.78, 5) is 14.4. The maximum Gasteiger partial charge on any atom is 0.232 e. The zero-order valence-electron chi connectivity index (χ0n) is 16.2. The summed E-state index contributed by atoms with van der Waals surface area (Å²) in [6.07, 6.45) is 1.19.